The summed E-state index contributed by atoms with van der Waals surface area (Å²) in [5.74, 6) is -1.87. The monoisotopic (exact) mass is 423 g/mol. The SMILES string of the molecule is CN1C(=O)CC(C)(c2cc(NC(=O)c3ccc(C(F)(F)F)cn3)ccc2F)N=C1N. The quantitative estimate of drug-likeness (QED) is 0.742. The number of nitrogens with one attached hydrogen (secondary N) is 1. The number of benzene rings is 1. The van der Waals surface area contributed by atoms with E-state index in [2.05, 4.69) is 15.3 Å². The van der Waals surface area contributed by atoms with Crippen molar-refractivity contribution in [2.24, 2.45) is 10.7 Å². The maximum atomic E-state index is 14.5. The van der Waals surface area contributed by atoms with Crippen molar-refractivity contribution >= 4 is 23.5 Å². The van der Waals surface area contributed by atoms with Gasteiger partial charge in [-0.05, 0) is 37.3 Å². The van der Waals surface area contributed by atoms with Crippen molar-refractivity contribution in [2.45, 2.75) is 25.1 Å². The highest BCUT2D eigenvalue weighted by molar-refractivity contribution is 6.03. The van der Waals surface area contributed by atoms with Crippen molar-refractivity contribution in [2.75, 3.05) is 12.4 Å². The molecule has 1 aliphatic rings. The van der Waals surface area contributed by atoms with Crippen LogP contribution in [0.15, 0.2) is 41.5 Å². The maximum Gasteiger partial charge on any atom is 0.417 e. The lowest BCUT2D eigenvalue weighted by Crippen LogP contribution is -2.47. The average molecular weight is 423 g/mol. The van der Waals surface area contributed by atoms with Gasteiger partial charge in [-0.1, -0.05) is 0 Å². The van der Waals surface area contributed by atoms with Gasteiger partial charge in [-0.2, -0.15) is 13.2 Å². The van der Waals surface area contributed by atoms with E-state index in [0.29, 0.717) is 6.20 Å². The highest BCUT2D eigenvalue weighted by atomic mass is 19.4. The van der Waals surface area contributed by atoms with Crippen molar-refractivity contribution in [3.63, 3.8) is 0 Å². The summed E-state index contributed by atoms with van der Waals surface area (Å²) in [6.07, 6.45) is -4.16. The Bertz CT molecular complexity index is 1040. The second-order valence-corrected chi connectivity index (χ2v) is 6.95. The van der Waals surface area contributed by atoms with Gasteiger partial charge in [0, 0.05) is 24.5 Å². The molecule has 0 bridgehead atoms. The van der Waals surface area contributed by atoms with E-state index in [1.54, 1.807) is 0 Å². The van der Waals surface area contributed by atoms with Gasteiger partial charge < -0.3 is 11.1 Å². The predicted octanol–water partition coefficient (Wildman–Crippen LogP) is 2.88. The minimum atomic E-state index is -4.57. The fraction of sp³-hybridized carbons (Fsp3) is 0.263. The van der Waals surface area contributed by atoms with Crippen molar-refractivity contribution in [1.82, 2.24) is 9.88 Å². The number of pyridine rings is 1. The molecule has 0 aliphatic carbocycles. The van der Waals surface area contributed by atoms with Crippen molar-refractivity contribution in [3.05, 3.63) is 59.2 Å². The molecule has 1 aliphatic heterocycles. The first-order valence-corrected chi connectivity index (χ1v) is 8.67. The van der Waals surface area contributed by atoms with E-state index in [-0.39, 0.29) is 35.2 Å². The number of alkyl halides is 3. The van der Waals surface area contributed by atoms with Gasteiger partial charge in [0.1, 0.15) is 11.5 Å². The van der Waals surface area contributed by atoms with Gasteiger partial charge in [-0.25, -0.2) is 9.38 Å². The van der Waals surface area contributed by atoms with Crippen LogP contribution in [0.5, 0.6) is 0 Å². The third kappa shape index (κ3) is 4.09. The summed E-state index contributed by atoms with van der Waals surface area (Å²) in [7, 11) is 1.45. The molecule has 0 fully saturated rings. The number of amides is 2. The van der Waals surface area contributed by atoms with E-state index in [1.807, 2.05) is 0 Å². The highest BCUT2D eigenvalue weighted by Gasteiger charge is 2.38. The Labute approximate surface area is 168 Å². The molecular weight excluding hydrogens is 406 g/mol. The average Bonchev–Trinajstić information content (AvgIpc) is 2.67. The molecular formula is C19H17F4N5O2. The van der Waals surface area contributed by atoms with Crippen LogP contribution >= 0.6 is 0 Å². The van der Waals surface area contributed by atoms with Crippen molar-refractivity contribution < 1.29 is 27.2 Å². The number of anilines is 1. The number of carbonyl (C=O) groups excluding carboxylic acids is 2. The van der Waals surface area contributed by atoms with Crippen molar-refractivity contribution in [3.8, 4) is 0 Å². The minimum absolute atomic E-state index is 0.0325. The highest BCUT2D eigenvalue weighted by Crippen LogP contribution is 2.36. The Morgan fingerprint density at radius 3 is 2.53 bits per heavy atom. The molecule has 3 rings (SSSR count). The third-order valence-electron chi connectivity index (χ3n) is 4.70. The van der Waals surface area contributed by atoms with Crippen LogP contribution in [-0.2, 0) is 16.5 Å². The zero-order valence-electron chi connectivity index (χ0n) is 15.9. The van der Waals surface area contributed by atoms with Crippen LogP contribution in [0.2, 0.25) is 0 Å². The van der Waals surface area contributed by atoms with Gasteiger partial charge in [0.2, 0.25) is 5.91 Å². The Morgan fingerprint density at radius 1 is 1.27 bits per heavy atom. The number of nitrogens with zero attached hydrogens (tertiary/aromatic N) is 3. The standard InChI is InChI=1S/C19H17F4N5O2/c1-18(8-15(29)28(2)17(24)27-18)12-7-11(4-5-13(12)20)26-16(30)14-6-3-10(9-25-14)19(21,22)23/h3-7,9H,8H2,1-2H3,(H2,24,27)(H,26,30). The lowest BCUT2D eigenvalue weighted by Gasteiger charge is -2.34. The van der Waals surface area contributed by atoms with E-state index < -0.39 is 29.0 Å². The first-order chi connectivity index (χ1) is 13.9. The van der Waals surface area contributed by atoms with Crippen LogP contribution in [0, 0.1) is 5.82 Å². The van der Waals surface area contributed by atoms with Gasteiger partial charge in [-0.3, -0.25) is 19.5 Å². The summed E-state index contributed by atoms with van der Waals surface area (Å²) in [5, 5.41) is 2.45. The molecule has 30 heavy (non-hydrogen) atoms. The molecule has 2 aromatic rings. The normalized spacial score (nSPS) is 19.5. The molecule has 1 aromatic carbocycles. The van der Waals surface area contributed by atoms with E-state index in [4.69, 9.17) is 5.73 Å². The van der Waals surface area contributed by atoms with Crippen LogP contribution in [-0.4, -0.2) is 34.7 Å². The first kappa shape index (κ1) is 21.2. The van der Waals surface area contributed by atoms with Crippen LogP contribution in [0.1, 0.15) is 35.0 Å². The number of nitrogens with two attached hydrogens (primary N) is 1. The van der Waals surface area contributed by atoms with E-state index in [0.717, 1.165) is 23.1 Å². The number of halogens is 4. The van der Waals surface area contributed by atoms with E-state index >= 15 is 0 Å². The smallest absolute Gasteiger partial charge is 0.369 e. The molecule has 1 aromatic heterocycles. The molecule has 2 heterocycles. The second kappa shape index (κ2) is 7.39. The summed E-state index contributed by atoms with van der Waals surface area (Å²) in [6, 6.07) is 5.33. The molecule has 1 unspecified atom stereocenters. The molecule has 11 heteroatoms. The van der Waals surface area contributed by atoms with Crippen LogP contribution in [0.25, 0.3) is 0 Å². The van der Waals surface area contributed by atoms with E-state index in [9.17, 15) is 27.2 Å². The third-order valence-corrected chi connectivity index (χ3v) is 4.70. The number of guanidine groups is 1. The largest absolute Gasteiger partial charge is 0.417 e. The van der Waals surface area contributed by atoms with Crippen molar-refractivity contribution in [1.29, 1.82) is 0 Å². The summed E-state index contributed by atoms with van der Waals surface area (Å²) >= 11 is 0. The Balaban J connectivity index is 1.87. The zero-order chi connectivity index (χ0) is 22.3. The number of aromatic nitrogens is 1. The van der Waals surface area contributed by atoms with Gasteiger partial charge in [0.05, 0.1) is 17.5 Å². The molecule has 158 valence electrons. The molecule has 1 atom stereocenters. The van der Waals surface area contributed by atoms with Crippen LogP contribution in [0.4, 0.5) is 23.2 Å². The molecule has 3 N–H and O–H groups in total. The minimum Gasteiger partial charge on any atom is -0.369 e. The molecule has 0 radical (unpaired) electrons. The lowest BCUT2D eigenvalue weighted by atomic mass is 9.87. The zero-order valence-corrected chi connectivity index (χ0v) is 15.9. The summed E-state index contributed by atoms with van der Waals surface area (Å²) < 4.78 is 52.4. The number of rotatable bonds is 3. The topological polar surface area (TPSA) is 101 Å². The van der Waals surface area contributed by atoms with Gasteiger partial charge in [0.15, 0.2) is 5.96 Å². The first-order valence-electron chi connectivity index (χ1n) is 8.67. The summed E-state index contributed by atoms with van der Waals surface area (Å²) in [4.78, 5) is 33.3. The number of aliphatic imine (C=N–C) groups is 1. The van der Waals surface area contributed by atoms with Crippen LogP contribution in [0.3, 0.4) is 0 Å². The fourth-order valence-electron chi connectivity index (χ4n) is 2.97. The van der Waals surface area contributed by atoms with Gasteiger partial charge >= 0.3 is 6.18 Å². The van der Waals surface area contributed by atoms with Gasteiger partial charge in [0.25, 0.3) is 5.91 Å². The summed E-state index contributed by atoms with van der Waals surface area (Å²) in [5.41, 5.74) is 3.40. The number of carbonyl (C=O) groups is 2. The van der Waals surface area contributed by atoms with Crippen LogP contribution < -0.4 is 11.1 Å². The molecule has 0 saturated carbocycles. The summed E-state index contributed by atoms with van der Waals surface area (Å²) in [6.45, 7) is 1.53. The maximum absolute atomic E-state index is 14.5. The Hall–Kier alpha value is -3.50. The molecule has 0 saturated heterocycles. The Morgan fingerprint density at radius 2 is 1.97 bits per heavy atom. The second-order valence-electron chi connectivity index (χ2n) is 6.95. The molecule has 2 amide bonds. The fourth-order valence-corrected chi connectivity index (χ4v) is 2.97. The number of hydrogen-bond acceptors (Lipinski definition) is 5. The molecule has 7 nitrogen and oxygen atoms in total. The lowest BCUT2D eigenvalue weighted by molar-refractivity contribution is -0.137. The Kier molecular flexibility index (Phi) is 5.23. The predicted molar refractivity (Wildman–Crippen MR) is 100.0 cm³/mol. The van der Waals surface area contributed by atoms with E-state index in [1.165, 1.54) is 26.1 Å². The number of hydrogen-bond donors (Lipinski definition) is 2. The molecule has 0 spiro atoms. The van der Waals surface area contributed by atoms with Gasteiger partial charge in [-0.15, -0.1) is 0 Å².